The van der Waals surface area contributed by atoms with Gasteiger partial charge in [-0.1, -0.05) is 39.8 Å². The minimum atomic E-state index is -0.282. The van der Waals surface area contributed by atoms with Gasteiger partial charge in [0, 0.05) is 15.8 Å². The second kappa shape index (κ2) is 7.00. The summed E-state index contributed by atoms with van der Waals surface area (Å²) in [6.07, 6.45) is 0. The number of halogens is 2. The van der Waals surface area contributed by atoms with Crippen molar-refractivity contribution in [1.82, 2.24) is 15.2 Å². The molecule has 2 heterocycles. The van der Waals surface area contributed by atoms with Crippen LogP contribution < -0.4 is 5.32 Å². The Kier molecular flexibility index (Phi) is 4.56. The van der Waals surface area contributed by atoms with Crippen molar-refractivity contribution >= 4 is 50.9 Å². The average molecular weight is 432 g/mol. The van der Waals surface area contributed by atoms with Crippen LogP contribution in [-0.4, -0.2) is 26.8 Å². The number of hydrogen-bond donors (Lipinski definition) is 2. The number of fused-ring (bicyclic) bond motifs is 1. The molecule has 1 aliphatic heterocycles. The molecule has 0 saturated carbocycles. The van der Waals surface area contributed by atoms with Crippen LogP contribution in [0.5, 0.6) is 0 Å². The molecular formula is C17H11BrFN5OS. The fourth-order valence-corrected chi connectivity index (χ4v) is 3.53. The summed E-state index contributed by atoms with van der Waals surface area (Å²) in [5, 5.41) is 10.1. The SMILES string of the molecule is O=C1Nc2ccc(Br)cc2/C1=N/c1nc(SCc2ccc(F)cc2)n[nH]1. The van der Waals surface area contributed by atoms with Crippen LogP contribution >= 0.6 is 27.7 Å². The number of thioether (sulfide) groups is 1. The molecule has 0 radical (unpaired) electrons. The molecule has 130 valence electrons. The first-order valence-electron chi connectivity index (χ1n) is 7.58. The van der Waals surface area contributed by atoms with Crippen molar-refractivity contribution in [2.75, 3.05) is 5.32 Å². The van der Waals surface area contributed by atoms with Gasteiger partial charge in [0.25, 0.3) is 5.91 Å². The zero-order chi connectivity index (χ0) is 18.1. The Balaban J connectivity index is 1.52. The summed E-state index contributed by atoms with van der Waals surface area (Å²) in [6.45, 7) is 0. The lowest BCUT2D eigenvalue weighted by Gasteiger charge is -1.98. The van der Waals surface area contributed by atoms with E-state index in [1.54, 1.807) is 12.1 Å². The van der Waals surface area contributed by atoms with E-state index in [0.717, 1.165) is 10.0 Å². The number of rotatable bonds is 4. The maximum Gasteiger partial charge on any atom is 0.275 e. The maximum atomic E-state index is 12.9. The number of aromatic nitrogens is 3. The van der Waals surface area contributed by atoms with Gasteiger partial charge in [-0.15, -0.1) is 5.10 Å². The van der Waals surface area contributed by atoms with Crippen LogP contribution in [0.2, 0.25) is 0 Å². The average Bonchev–Trinajstić information content (AvgIpc) is 3.20. The summed E-state index contributed by atoms with van der Waals surface area (Å²) in [4.78, 5) is 20.7. The predicted molar refractivity (Wildman–Crippen MR) is 101 cm³/mol. The van der Waals surface area contributed by atoms with Gasteiger partial charge in [-0.25, -0.2) is 14.5 Å². The Hall–Kier alpha value is -2.52. The molecule has 0 spiro atoms. The van der Waals surface area contributed by atoms with E-state index in [-0.39, 0.29) is 23.4 Å². The third-order valence-electron chi connectivity index (χ3n) is 3.65. The molecule has 2 aromatic carbocycles. The van der Waals surface area contributed by atoms with Gasteiger partial charge in [0.05, 0.1) is 5.69 Å². The number of carbonyl (C=O) groups excluding carboxylic acids is 1. The molecule has 1 aromatic heterocycles. The first-order chi connectivity index (χ1) is 12.6. The van der Waals surface area contributed by atoms with E-state index in [9.17, 15) is 9.18 Å². The molecule has 1 aliphatic rings. The minimum absolute atomic E-state index is 0.254. The number of nitrogens with zero attached hydrogens (tertiary/aromatic N) is 3. The largest absolute Gasteiger partial charge is 0.320 e. The van der Waals surface area contributed by atoms with Crippen LogP contribution in [0.4, 0.5) is 16.0 Å². The molecule has 26 heavy (non-hydrogen) atoms. The van der Waals surface area contributed by atoms with Crippen molar-refractivity contribution in [1.29, 1.82) is 0 Å². The van der Waals surface area contributed by atoms with E-state index < -0.39 is 0 Å². The first-order valence-corrected chi connectivity index (χ1v) is 9.36. The molecule has 0 bridgehead atoms. The molecule has 0 saturated heterocycles. The standard InChI is InChI=1S/C17H11BrFN5OS/c18-10-3-6-13-12(7-10)14(15(25)20-13)21-16-22-17(24-23-16)26-8-9-1-4-11(19)5-2-9/h1-7H,8H2,(H2,20,21,22,23,24,25). The molecule has 9 heteroatoms. The maximum absolute atomic E-state index is 12.9. The van der Waals surface area contributed by atoms with Crippen LogP contribution in [0.3, 0.4) is 0 Å². The van der Waals surface area contributed by atoms with Crippen LogP contribution in [0, 0.1) is 5.82 Å². The zero-order valence-electron chi connectivity index (χ0n) is 13.2. The number of anilines is 1. The van der Waals surface area contributed by atoms with Crippen LogP contribution in [0.1, 0.15) is 11.1 Å². The molecule has 6 nitrogen and oxygen atoms in total. The highest BCUT2D eigenvalue weighted by atomic mass is 79.9. The zero-order valence-corrected chi connectivity index (χ0v) is 15.6. The number of nitrogens with one attached hydrogen (secondary N) is 2. The topological polar surface area (TPSA) is 83.0 Å². The van der Waals surface area contributed by atoms with E-state index in [1.165, 1.54) is 23.9 Å². The first kappa shape index (κ1) is 16.9. The number of aliphatic imine (C=N–C) groups is 1. The summed E-state index contributed by atoms with van der Waals surface area (Å²) in [5.74, 6) is 0.306. The van der Waals surface area contributed by atoms with E-state index >= 15 is 0 Å². The van der Waals surface area contributed by atoms with Gasteiger partial charge in [0.15, 0.2) is 0 Å². The quantitative estimate of drug-likeness (QED) is 0.609. The Labute approximate surface area is 160 Å². The summed E-state index contributed by atoms with van der Waals surface area (Å²) in [7, 11) is 0. The summed E-state index contributed by atoms with van der Waals surface area (Å²) < 4.78 is 13.8. The Morgan fingerprint density at radius 1 is 1.19 bits per heavy atom. The molecule has 0 aliphatic carbocycles. The fourth-order valence-electron chi connectivity index (χ4n) is 2.42. The van der Waals surface area contributed by atoms with E-state index in [0.29, 0.717) is 22.2 Å². The van der Waals surface area contributed by atoms with Crippen molar-refractivity contribution < 1.29 is 9.18 Å². The Bertz CT molecular complexity index is 1020. The summed E-state index contributed by atoms with van der Waals surface area (Å²) >= 11 is 4.79. The minimum Gasteiger partial charge on any atom is -0.320 e. The number of benzene rings is 2. The van der Waals surface area contributed by atoms with Crippen molar-refractivity contribution in [2.45, 2.75) is 10.9 Å². The van der Waals surface area contributed by atoms with E-state index in [2.05, 4.69) is 41.4 Å². The molecular weight excluding hydrogens is 421 g/mol. The van der Waals surface area contributed by atoms with Gasteiger partial charge in [0.1, 0.15) is 11.5 Å². The van der Waals surface area contributed by atoms with Gasteiger partial charge >= 0.3 is 0 Å². The molecule has 1 amide bonds. The molecule has 0 fully saturated rings. The highest BCUT2D eigenvalue weighted by Gasteiger charge is 2.26. The lowest BCUT2D eigenvalue weighted by Crippen LogP contribution is -2.14. The monoisotopic (exact) mass is 431 g/mol. The van der Waals surface area contributed by atoms with Crippen molar-refractivity contribution in [3.05, 3.63) is 63.9 Å². The van der Waals surface area contributed by atoms with Crippen molar-refractivity contribution in [3.63, 3.8) is 0 Å². The molecule has 0 unspecified atom stereocenters. The predicted octanol–water partition coefficient (Wildman–Crippen LogP) is 4.07. The Morgan fingerprint density at radius 2 is 2.00 bits per heavy atom. The summed E-state index contributed by atoms with van der Waals surface area (Å²) in [5.41, 5.74) is 2.67. The number of aromatic amines is 1. The lowest BCUT2D eigenvalue weighted by atomic mass is 10.1. The number of amides is 1. The molecule has 0 atom stereocenters. The normalized spacial score (nSPS) is 14.5. The van der Waals surface area contributed by atoms with Gasteiger partial charge < -0.3 is 5.32 Å². The van der Waals surface area contributed by atoms with Crippen LogP contribution in [0.25, 0.3) is 0 Å². The highest BCUT2D eigenvalue weighted by Crippen LogP contribution is 2.28. The third-order valence-corrected chi connectivity index (χ3v) is 5.06. The van der Waals surface area contributed by atoms with E-state index in [1.807, 2.05) is 18.2 Å². The van der Waals surface area contributed by atoms with Crippen molar-refractivity contribution in [2.24, 2.45) is 4.99 Å². The van der Waals surface area contributed by atoms with E-state index in [4.69, 9.17) is 0 Å². The van der Waals surface area contributed by atoms with Gasteiger partial charge in [-0.3, -0.25) is 4.79 Å². The van der Waals surface area contributed by atoms with Gasteiger partial charge in [0.2, 0.25) is 11.1 Å². The second-order valence-corrected chi connectivity index (χ2v) is 7.32. The number of carbonyl (C=O) groups is 1. The van der Waals surface area contributed by atoms with Crippen LogP contribution in [0.15, 0.2) is 57.1 Å². The number of hydrogen-bond acceptors (Lipinski definition) is 5. The summed E-state index contributed by atoms with van der Waals surface area (Å²) in [6, 6.07) is 11.7. The van der Waals surface area contributed by atoms with Crippen molar-refractivity contribution in [3.8, 4) is 0 Å². The molecule has 2 N–H and O–H groups in total. The molecule has 4 rings (SSSR count). The number of H-pyrrole nitrogens is 1. The highest BCUT2D eigenvalue weighted by molar-refractivity contribution is 9.10. The second-order valence-electron chi connectivity index (χ2n) is 5.46. The van der Waals surface area contributed by atoms with Crippen LogP contribution in [-0.2, 0) is 10.5 Å². The molecule has 3 aromatic rings. The van der Waals surface area contributed by atoms with Gasteiger partial charge in [-0.2, -0.15) is 4.98 Å². The van der Waals surface area contributed by atoms with Gasteiger partial charge in [-0.05, 0) is 35.9 Å². The lowest BCUT2D eigenvalue weighted by molar-refractivity contribution is -0.110. The smallest absolute Gasteiger partial charge is 0.275 e. The Morgan fingerprint density at radius 3 is 2.81 bits per heavy atom. The third kappa shape index (κ3) is 3.54. The fraction of sp³-hybridized carbons (Fsp3) is 0.0588.